The highest BCUT2D eigenvalue weighted by Gasteiger charge is 2.19. The van der Waals surface area contributed by atoms with Crippen molar-refractivity contribution >= 4 is 17.4 Å². The third kappa shape index (κ3) is 3.18. The number of carbonyl (C=O) groups excluding carboxylic acids is 1. The summed E-state index contributed by atoms with van der Waals surface area (Å²) in [6.07, 6.45) is -0.0378. The molecule has 2 heterocycles. The Labute approximate surface area is 161 Å². The van der Waals surface area contributed by atoms with Gasteiger partial charge >= 0.3 is 0 Å². The number of rotatable bonds is 4. The van der Waals surface area contributed by atoms with Crippen LogP contribution in [-0.2, 0) is 18.3 Å². The Morgan fingerprint density at radius 2 is 1.68 bits per heavy atom. The lowest BCUT2D eigenvalue weighted by Gasteiger charge is -2.11. The van der Waals surface area contributed by atoms with Crippen molar-refractivity contribution in [3.63, 3.8) is 0 Å². The number of anilines is 1. The Kier molecular flexibility index (Phi) is 4.49. The van der Waals surface area contributed by atoms with Crippen molar-refractivity contribution in [3.05, 3.63) is 82.3 Å². The molecule has 140 valence electrons. The fourth-order valence-corrected chi connectivity index (χ4v) is 3.09. The molecule has 1 amide bonds. The van der Waals surface area contributed by atoms with E-state index in [4.69, 9.17) is 0 Å². The fourth-order valence-electron chi connectivity index (χ4n) is 3.09. The average Bonchev–Trinajstić information content (AvgIpc) is 3.17. The van der Waals surface area contributed by atoms with Crippen LogP contribution in [0.5, 0.6) is 0 Å². The van der Waals surface area contributed by atoms with Gasteiger partial charge in [0.1, 0.15) is 0 Å². The van der Waals surface area contributed by atoms with E-state index in [1.807, 2.05) is 62.5 Å². The maximum Gasteiger partial charge on any atom is 0.279 e. The predicted molar refractivity (Wildman–Crippen MR) is 107 cm³/mol. The summed E-state index contributed by atoms with van der Waals surface area (Å²) in [5.41, 5.74) is 2.27. The first kappa shape index (κ1) is 17.7. The van der Waals surface area contributed by atoms with Gasteiger partial charge in [-0.05, 0) is 19.1 Å². The summed E-state index contributed by atoms with van der Waals surface area (Å²) in [5, 5.41) is 7.19. The van der Waals surface area contributed by atoms with Gasteiger partial charge in [0.05, 0.1) is 6.42 Å². The van der Waals surface area contributed by atoms with E-state index in [2.05, 4.69) is 15.4 Å². The van der Waals surface area contributed by atoms with Crippen LogP contribution in [0.25, 0.3) is 17.2 Å². The summed E-state index contributed by atoms with van der Waals surface area (Å²) in [6.45, 7) is 1.81. The van der Waals surface area contributed by atoms with Crippen LogP contribution in [0.15, 0.2) is 65.5 Å². The number of hydrogen-bond acceptors (Lipinski definition) is 4. The molecule has 0 atom stereocenters. The van der Waals surface area contributed by atoms with Crippen LogP contribution >= 0.6 is 0 Å². The van der Waals surface area contributed by atoms with Crippen LogP contribution in [0, 0.1) is 6.92 Å². The van der Waals surface area contributed by atoms with Crippen molar-refractivity contribution in [1.29, 1.82) is 0 Å². The number of amides is 1. The van der Waals surface area contributed by atoms with E-state index in [-0.39, 0.29) is 17.9 Å². The maximum absolute atomic E-state index is 13.0. The molecule has 0 aliphatic rings. The number of benzene rings is 2. The topological polar surface area (TPSA) is 81.3 Å². The first-order valence-electron chi connectivity index (χ1n) is 8.90. The maximum atomic E-state index is 13.0. The SMILES string of the molecule is Cc1c(CC(=O)Nc2ccccc2)c(=O)n2nc(-c3ccccc3)nc2n1C. The van der Waals surface area contributed by atoms with Crippen molar-refractivity contribution in [1.82, 2.24) is 19.2 Å². The Morgan fingerprint density at radius 1 is 1.04 bits per heavy atom. The molecular weight excluding hydrogens is 354 g/mol. The summed E-state index contributed by atoms with van der Waals surface area (Å²) < 4.78 is 3.05. The Bertz CT molecular complexity index is 1210. The van der Waals surface area contributed by atoms with Crippen LogP contribution in [0.2, 0.25) is 0 Å². The van der Waals surface area contributed by atoms with Gasteiger partial charge < -0.3 is 9.88 Å². The van der Waals surface area contributed by atoms with E-state index in [9.17, 15) is 9.59 Å². The number of hydrogen-bond donors (Lipinski definition) is 1. The molecule has 0 fully saturated rings. The molecule has 0 spiro atoms. The third-order valence-electron chi connectivity index (χ3n) is 4.71. The minimum Gasteiger partial charge on any atom is -0.326 e. The Balaban J connectivity index is 1.73. The van der Waals surface area contributed by atoms with Crippen molar-refractivity contribution in [2.24, 2.45) is 7.05 Å². The monoisotopic (exact) mass is 373 g/mol. The van der Waals surface area contributed by atoms with E-state index >= 15 is 0 Å². The molecule has 0 saturated carbocycles. The van der Waals surface area contributed by atoms with Gasteiger partial charge in [-0.2, -0.15) is 9.50 Å². The van der Waals surface area contributed by atoms with Gasteiger partial charge in [0, 0.05) is 29.6 Å². The van der Waals surface area contributed by atoms with Gasteiger partial charge in [0.25, 0.3) is 5.56 Å². The van der Waals surface area contributed by atoms with E-state index in [1.165, 1.54) is 4.52 Å². The van der Waals surface area contributed by atoms with Crippen molar-refractivity contribution < 1.29 is 4.79 Å². The second kappa shape index (κ2) is 7.11. The first-order chi connectivity index (χ1) is 13.5. The van der Waals surface area contributed by atoms with Crippen molar-refractivity contribution in [2.45, 2.75) is 13.3 Å². The van der Waals surface area contributed by atoms with E-state index in [0.717, 1.165) is 5.56 Å². The number of carbonyl (C=O) groups is 1. The summed E-state index contributed by atoms with van der Waals surface area (Å²) in [6, 6.07) is 18.6. The normalized spacial score (nSPS) is 10.9. The van der Waals surface area contributed by atoms with E-state index in [0.29, 0.717) is 28.5 Å². The molecule has 4 rings (SSSR count). The molecule has 4 aromatic rings. The second-order valence-corrected chi connectivity index (χ2v) is 6.53. The minimum absolute atomic E-state index is 0.0378. The quantitative estimate of drug-likeness (QED) is 0.596. The van der Waals surface area contributed by atoms with E-state index < -0.39 is 0 Å². The summed E-state index contributed by atoms with van der Waals surface area (Å²) >= 11 is 0. The number of para-hydroxylation sites is 1. The molecule has 0 radical (unpaired) electrons. The molecule has 1 N–H and O–H groups in total. The lowest BCUT2D eigenvalue weighted by atomic mass is 10.1. The van der Waals surface area contributed by atoms with Gasteiger partial charge in [-0.15, -0.1) is 5.10 Å². The van der Waals surface area contributed by atoms with Crippen LogP contribution < -0.4 is 10.9 Å². The zero-order chi connectivity index (χ0) is 19.7. The number of aromatic nitrogens is 4. The molecule has 0 aliphatic heterocycles. The Morgan fingerprint density at radius 3 is 2.36 bits per heavy atom. The molecular formula is C21H19N5O2. The number of nitrogens with zero attached hydrogens (tertiary/aromatic N) is 4. The molecule has 7 nitrogen and oxygen atoms in total. The van der Waals surface area contributed by atoms with Gasteiger partial charge in [0.2, 0.25) is 11.7 Å². The zero-order valence-electron chi connectivity index (χ0n) is 15.6. The van der Waals surface area contributed by atoms with Crippen LogP contribution in [0.3, 0.4) is 0 Å². The van der Waals surface area contributed by atoms with Gasteiger partial charge in [-0.1, -0.05) is 48.5 Å². The number of aryl methyl sites for hydroxylation is 1. The summed E-state index contributed by atoms with van der Waals surface area (Å²) in [7, 11) is 1.81. The zero-order valence-corrected chi connectivity index (χ0v) is 15.6. The molecule has 2 aromatic carbocycles. The molecule has 0 unspecified atom stereocenters. The van der Waals surface area contributed by atoms with Gasteiger partial charge in [-0.3, -0.25) is 9.59 Å². The smallest absolute Gasteiger partial charge is 0.279 e. The van der Waals surface area contributed by atoms with E-state index in [1.54, 1.807) is 16.7 Å². The van der Waals surface area contributed by atoms with Crippen molar-refractivity contribution in [3.8, 4) is 11.4 Å². The molecule has 7 heteroatoms. The lowest BCUT2D eigenvalue weighted by molar-refractivity contribution is -0.115. The minimum atomic E-state index is -0.330. The summed E-state index contributed by atoms with van der Waals surface area (Å²) in [4.78, 5) is 30.0. The fraction of sp³-hybridized carbons (Fsp3) is 0.143. The third-order valence-corrected chi connectivity index (χ3v) is 4.71. The second-order valence-electron chi connectivity index (χ2n) is 6.53. The van der Waals surface area contributed by atoms with Gasteiger partial charge in [-0.25, -0.2) is 0 Å². The van der Waals surface area contributed by atoms with Crippen LogP contribution in [0.4, 0.5) is 5.69 Å². The highest BCUT2D eigenvalue weighted by atomic mass is 16.2. The molecule has 2 aromatic heterocycles. The summed E-state index contributed by atoms with van der Waals surface area (Å²) in [5.74, 6) is 0.654. The molecule has 0 saturated heterocycles. The number of nitrogens with one attached hydrogen (secondary N) is 1. The van der Waals surface area contributed by atoms with Gasteiger partial charge in [0.15, 0.2) is 5.82 Å². The predicted octanol–water partition coefficient (Wildman–Crippen LogP) is 2.58. The Hall–Kier alpha value is -3.74. The largest absolute Gasteiger partial charge is 0.326 e. The lowest BCUT2D eigenvalue weighted by Crippen LogP contribution is -2.28. The van der Waals surface area contributed by atoms with Crippen LogP contribution in [0.1, 0.15) is 11.3 Å². The number of fused-ring (bicyclic) bond motifs is 1. The van der Waals surface area contributed by atoms with Crippen molar-refractivity contribution in [2.75, 3.05) is 5.32 Å². The highest BCUT2D eigenvalue weighted by Crippen LogP contribution is 2.16. The highest BCUT2D eigenvalue weighted by molar-refractivity contribution is 5.92. The molecule has 0 bridgehead atoms. The molecule has 0 aliphatic carbocycles. The molecule has 28 heavy (non-hydrogen) atoms. The first-order valence-corrected chi connectivity index (χ1v) is 8.90. The average molecular weight is 373 g/mol. The standard InChI is InChI=1S/C21H19N5O2/c1-14-17(13-18(27)22-16-11-7-4-8-12-16)20(28)26-21(25(14)2)23-19(24-26)15-9-5-3-6-10-15/h3-12H,13H2,1-2H3,(H,22,27). The van der Waals surface area contributed by atoms with Crippen LogP contribution in [-0.4, -0.2) is 25.1 Å².